The van der Waals surface area contributed by atoms with Crippen LogP contribution in [0.4, 0.5) is 10.1 Å². The molecule has 10 nitrogen and oxygen atoms in total. The number of carbonyl (C=O) groups excluding carboxylic acids is 4. The van der Waals surface area contributed by atoms with Crippen LogP contribution < -0.4 is 21.7 Å². The molecule has 2 aromatic rings. The van der Waals surface area contributed by atoms with Crippen molar-refractivity contribution in [3.05, 3.63) is 71.4 Å². The number of hydrogen-bond acceptors (Lipinski definition) is 6. The molecule has 0 unspecified atom stereocenters. The predicted molar refractivity (Wildman–Crippen MR) is 142 cm³/mol. The zero-order valence-electron chi connectivity index (χ0n) is 21.7. The average molecular weight is 539 g/mol. The third-order valence-electron chi connectivity index (χ3n) is 7.01. The number of benzene rings is 2. The van der Waals surface area contributed by atoms with Gasteiger partial charge in [-0.05, 0) is 48.1 Å². The fraction of sp³-hybridized carbons (Fsp3) is 0.393. The van der Waals surface area contributed by atoms with E-state index in [0.29, 0.717) is 31.6 Å². The molecule has 0 spiro atoms. The minimum absolute atomic E-state index is 0.151. The summed E-state index contributed by atoms with van der Waals surface area (Å²) in [5.41, 5.74) is 6.78. The summed E-state index contributed by atoms with van der Waals surface area (Å²) in [5, 5.41) is 7.99. The Morgan fingerprint density at radius 3 is 2.62 bits per heavy atom. The molecule has 2 aliphatic heterocycles. The van der Waals surface area contributed by atoms with Crippen LogP contribution in [0.25, 0.3) is 0 Å². The Bertz CT molecular complexity index is 1230. The first-order valence-electron chi connectivity index (χ1n) is 13.0. The zero-order valence-corrected chi connectivity index (χ0v) is 21.7. The minimum atomic E-state index is -1.06. The number of halogens is 1. The first-order valence-corrected chi connectivity index (χ1v) is 13.0. The van der Waals surface area contributed by atoms with Crippen LogP contribution in [0.15, 0.2) is 42.5 Å². The highest BCUT2D eigenvalue weighted by atomic mass is 19.1. The molecule has 11 heteroatoms. The molecular weight excluding hydrogens is 505 g/mol. The summed E-state index contributed by atoms with van der Waals surface area (Å²) in [7, 11) is 0. The molecule has 39 heavy (non-hydrogen) atoms. The lowest BCUT2D eigenvalue weighted by Crippen LogP contribution is -2.53. The maximum absolute atomic E-state index is 14.7. The maximum Gasteiger partial charge on any atom is 0.251 e. The van der Waals surface area contributed by atoms with Crippen LogP contribution in [-0.4, -0.2) is 60.9 Å². The normalized spacial score (nSPS) is 17.7. The number of nitrogens with two attached hydrogens (primary N) is 1. The number of nitrogens with one attached hydrogen (secondary N) is 3. The van der Waals surface area contributed by atoms with Gasteiger partial charge in [0.15, 0.2) is 0 Å². The van der Waals surface area contributed by atoms with Crippen LogP contribution in [0.1, 0.15) is 47.3 Å². The third-order valence-corrected chi connectivity index (χ3v) is 7.01. The van der Waals surface area contributed by atoms with Gasteiger partial charge in [-0.2, -0.15) is 0 Å². The number of rotatable bonds is 9. The van der Waals surface area contributed by atoms with Crippen molar-refractivity contribution in [2.45, 2.75) is 38.4 Å². The van der Waals surface area contributed by atoms with Crippen molar-refractivity contribution in [2.75, 3.05) is 31.6 Å². The van der Waals surface area contributed by atoms with Crippen molar-refractivity contribution in [3.63, 3.8) is 0 Å². The number of amides is 4. The molecule has 2 aromatic carbocycles. The Kier molecular flexibility index (Phi) is 9.26. The quantitative estimate of drug-likeness (QED) is 0.383. The molecule has 4 amide bonds. The lowest BCUT2D eigenvalue weighted by atomic mass is 9.90. The Hall–Kier alpha value is -3.83. The smallest absolute Gasteiger partial charge is 0.251 e. The second kappa shape index (κ2) is 12.8. The van der Waals surface area contributed by atoms with E-state index in [4.69, 9.17) is 10.5 Å². The molecule has 0 aromatic heterocycles. The van der Waals surface area contributed by atoms with Gasteiger partial charge in [-0.1, -0.05) is 31.2 Å². The lowest BCUT2D eigenvalue weighted by molar-refractivity contribution is -0.143. The largest absolute Gasteiger partial charge is 0.381 e. The zero-order chi connectivity index (χ0) is 27.9. The van der Waals surface area contributed by atoms with Crippen molar-refractivity contribution >= 4 is 29.3 Å². The molecule has 0 saturated carbocycles. The Morgan fingerprint density at radius 1 is 1.15 bits per heavy atom. The Balaban J connectivity index is 1.62. The van der Waals surface area contributed by atoms with E-state index in [1.165, 1.54) is 23.5 Å². The van der Waals surface area contributed by atoms with Gasteiger partial charge in [-0.3, -0.25) is 19.2 Å². The predicted octanol–water partition coefficient (Wildman–Crippen LogP) is 1.67. The van der Waals surface area contributed by atoms with Crippen molar-refractivity contribution in [1.29, 1.82) is 0 Å². The SMILES string of the molecule is C[CH]C(=O)N[C@H](C(=O)N1Cc2ccccc2[C@H]1C(=O)Nc1cc(C(=O)NCCN)ccc1F)C1CCOCC1. The fourth-order valence-corrected chi connectivity index (χ4v) is 4.97. The molecule has 2 aliphatic rings. The molecule has 207 valence electrons. The minimum Gasteiger partial charge on any atom is -0.381 e. The highest BCUT2D eigenvalue weighted by Gasteiger charge is 2.43. The second-order valence-electron chi connectivity index (χ2n) is 9.52. The van der Waals surface area contributed by atoms with Gasteiger partial charge in [0.2, 0.25) is 11.8 Å². The molecule has 1 fully saturated rings. The number of nitrogens with zero attached hydrogens (tertiary/aromatic N) is 1. The van der Waals surface area contributed by atoms with Gasteiger partial charge < -0.3 is 31.3 Å². The molecule has 0 aliphatic carbocycles. The Labute approximate surface area is 226 Å². The van der Waals surface area contributed by atoms with E-state index in [-0.39, 0.29) is 42.7 Å². The van der Waals surface area contributed by atoms with Crippen molar-refractivity contribution in [3.8, 4) is 0 Å². The van der Waals surface area contributed by atoms with Gasteiger partial charge in [-0.25, -0.2) is 4.39 Å². The first kappa shape index (κ1) is 28.2. The fourth-order valence-electron chi connectivity index (χ4n) is 4.97. The van der Waals surface area contributed by atoms with Gasteiger partial charge in [0, 0.05) is 44.8 Å². The average Bonchev–Trinajstić information content (AvgIpc) is 3.35. The summed E-state index contributed by atoms with van der Waals surface area (Å²) in [6, 6.07) is 8.89. The van der Waals surface area contributed by atoms with E-state index < -0.39 is 35.6 Å². The standard InChI is InChI=1S/C28H33FN5O5/c1-2-23(35)33-24(17-9-13-39-14-10-17)28(38)34-16-19-5-3-4-6-20(19)25(34)27(37)32-22-15-18(7-8-21(22)29)26(36)31-12-11-30/h2-8,15,17,24-25H,9-14,16,30H2,1H3,(H,31,36)(H,32,37)(H,33,35)/t24-,25-/m0/s1. The van der Waals surface area contributed by atoms with E-state index in [0.717, 1.165) is 11.6 Å². The van der Waals surface area contributed by atoms with Gasteiger partial charge in [0.25, 0.3) is 11.8 Å². The van der Waals surface area contributed by atoms with E-state index >= 15 is 0 Å². The van der Waals surface area contributed by atoms with Gasteiger partial charge in [0.1, 0.15) is 17.9 Å². The van der Waals surface area contributed by atoms with E-state index in [2.05, 4.69) is 16.0 Å². The summed E-state index contributed by atoms with van der Waals surface area (Å²) in [6.45, 7) is 3.17. The molecule has 0 bridgehead atoms. The van der Waals surface area contributed by atoms with Crippen LogP contribution in [0.2, 0.25) is 0 Å². The van der Waals surface area contributed by atoms with Gasteiger partial charge in [0.05, 0.1) is 5.69 Å². The molecule has 5 N–H and O–H groups in total. The summed E-state index contributed by atoms with van der Waals surface area (Å²) >= 11 is 0. The topological polar surface area (TPSA) is 143 Å². The van der Waals surface area contributed by atoms with Crippen molar-refractivity contribution < 1.29 is 28.3 Å². The highest BCUT2D eigenvalue weighted by Crippen LogP contribution is 2.36. The number of ether oxygens (including phenoxy) is 1. The number of carbonyl (C=O) groups is 4. The number of fused-ring (bicyclic) bond motifs is 1. The highest BCUT2D eigenvalue weighted by molar-refractivity contribution is 6.02. The monoisotopic (exact) mass is 538 g/mol. The van der Waals surface area contributed by atoms with Crippen LogP contribution in [-0.2, 0) is 25.7 Å². The van der Waals surface area contributed by atoms with E-state index in [1.54, 1.807) is 19.1 Å². The summed E-state index contributed by atoms with van der Waals surface area (Å²) < 4.78 is 20.2. The van der Waals surface area contributed by atoms with Crippen LogP contribution in [0, 0.1) is 18.2 Å². The van der Waals surface area contributed by atoms with Gasteiger partial charge in [-0.15, -0.1) is 0 Å². The van der Waals surface area contributed by atoms with Crippen molar-refractivity contribution in [1.82, 2.24) is 15.5 Å². The maximum atomic E-state index is 14.7. The van der Waals surface area contributed by atoms with Crippen LogP contribution >= 0.6 is 0 Å². The summed E-state index contributed by atoms with van der Waals surface area (Å²) in [5.74, 6) is -2.77. The molecule has 2 heterocycles. The van der Waals surface area contributed by atoms with Gasteiger partial charge >= 0.3 is 0 Å². The lowest BCUT2D eigenvalue weighted by Gasteiger charge is -2.34. The number of hydrogen-bond donors (Lipinski definition) is 4. The van der Waals surface area contributed by atoms with Crippen LogP contribution in [0.5, 0.6) is 0 Å². The molecule has 4 rings (SSSR count). The van der Waals surface area contributed by atoms with E-state index in [1.807, 2.05) is 12.1 Å². The van der Waals surface area contributed by atoms with Crippen molar-refractivity contribution in [2.24, 2.45) is 11.7 Å². The third kappa shape index (κ3) is 6.43. The molecule has 2 atom stereocenters. The molecule has 1 radical (unpaired) electrons. The number of anilines is 1. The Morgan fingerprint density at radius 2 is 1.90 bits per heavy atom. The van der Waals surface area contributed by atoms with Crippen LogP contribution in [0.3, 0.4) is 0 Å². The molecule has 1 saturated heterocycles. The summed E-state index contributed by atoms with van der Waals surface area (Å²) in [4.78, 5) is 53.7. The van der Waals surface area contributed by atoms with E-state index in [9.17, 15) is 23.6 Å². The summed E-state index contributed by atoms with van der Waals surface area (Å²) in [6.07, 6.45) is 2.52. The second-order valence-corrected chi connectivity index (χ2v) is 9.52. The first-order chi connectivity index (χ1) is 18.8. The molecular formula is C28H33FN5O5.